The van der Waals surface area contributed by atoms with Gasteiger partial charge in [0.05, 0.1) is 5.56 Å². The average molecular weight is 477 g/mol. The molecule has 1 aliphatic carbocycles. The van der Waals surface area contributed by atoms with Crippen molar-refractivity contribution in [3.63, 3.8) is 0 Å². The van der Waals surface area contributed by atoms with E-state index >= 15 is 0 Å². The molecule has 0 saturated carbocycles. The van der Waals surface area contributed by atoms with E-state index in [-0.39, 0.29) is 12.4 Å². The molecule has 7 nitrogen and oxygen atoms in total. The molecular formula is C26H28N4O3S. The van der Waals surface area contributed by atoms with Crippen LogP contribution < -0.4 is 10.6 Å². The molecule has 3 N–H and O–H groups in total. The Bertz CT molecular complexity index is 1110. The summed E-state index contributed by atoms with van der Waals surface area (Å²) in [4.78, 5) is 26.2. The van der Waals surface area contributed by atoms with Gasteiger partial charge < -0.3 is 15.7 Å². The van der Waals surface area contributed by atoms with E-state index in [4.69, 9.17) is 9.90 Å². The van der Waals surface area contributed by atoms with Crippen LogP contribution in [-0.4, -0.2) is 29.0 Å². The SMILES string of the molecule is N#Cc1c(NC(=O)CCc2cccnc2)sc2c1CCC(CNCc1ccccc1)C2.O=CO. The molecular weight excluding hydrogens is 448 g/mol. The predicted molar refractivity (Wildman–Crippen MR) is 133 cm³/mol. The molecule has 4 rings (SSSR count). The fourth-order valence-corrected chi connectivity index (χ4v) is 5.37. The highest BCUT2D eigenvalue weighted by Gasteiger charge is 2.26. The molecule has 0 radical (unpaired) electrons. The van der Waals surface area contributed by atoms with Gasteiger partial charge in [0.2, 0.25) is 5.91 Å². The van der Waals surface area contributed by atoms with Crippen molar-refractivity contribution < 1.29 is 14.7 Å². The quantitative estimate of drug-likeness (QED) is 0.420. The zero-order chi connectivity index (χ0) is 24.2. The van der Waals surface area contributed by atoms with Gasteiger partial charge >= 0.3 is 0 Å². The van der Waals surface area contributed by atoms with Crippen LogP contribution in [0.5, 0.6) is 0 Å². The Balaban J connectivity index is 0.00000103. The molecule has 1 atom stereocenters. The third-order valence-electron chi connectivity index (χ3n) is 5.70. The maximum Gasteiger partial charge on any atom is 0.290 e. The summed E-state index contributed by atoms with van der Waals surface area (Å²) in [7, 11) is 0. The van der Waals surface area contributed by atoms with Gasteiger partial charge in [-0.2, -0.15) is 5.26 Å². The lowest BCUT2D eigenvalue weighted by Crippen LogP contribution is -2.26. The van der Waals surface area contributed by atoms with Crippen molar-refractivity contribution in [2.75, 3.05) is 11.9 Å². The average Bonchev–Trinajstić information content (AvgIpc) is 3.20. The number of anilines is 1. The van der Waals surface area contributed by atoms with Crippen molar-refractivity contribution in [1.29, 1.82) is 5.26 Å². The molecule has 0 bridgehead atoms. The fourth-order valence-electron chi connectivity index (χ4n) is 4.04. The van der Waals surface area contributed by atoms with Gasteiger partial charge in [-0.05, 0) is 60.9 Å². The van der Waals surface area contributed by atoms with Crippen molar-refractivity contribution in [2.45, 2.75) is 38.6 Å². The molecule has 34 heavy (non-hydrogen) atoms. The topological polar surface area (TPSA) is 115 Å². The molecule has 0 spiro atoms. The van der Waals surface area contributed by atoms with E-state index < -0.39 is 0 Å². The van der Waals surface area contributed by atoms with Crippen molar-refractivity contribution in [3.8, 4) is 6.07 Å². The number of benzene rings is 1. The van der Waals surface area contributed by atoms with Crippen molar-refractivity contribution in [1.82, 2.24) is 10.3 Å². The van der Waals surface area contributed by atoms with Crippen LogP contribution in [0.1, 0.15) is 40.0 Å². The number of nitrogens with zero attached hydrogens (tertiary/aromatic N) is 2. The number of nitriles is 1. The van der Waals surface area contributed by atoms with Crippen molar-refractivity contribution in [2.24, 2.45) is 5.92 Å². The molecule has 1 aromatic carbocycles. The van der Waals surface area contributed by atoms with Crippen LogP contribution in [0.2, 0.25) is 0 Å². The van der Waals surface area contributed by atoms with Gasteiger partial charge in [0.25, 0.3) is 6.47 Å². The van der Waals surface area contributed by atoms with E-state index in [1.807, 2.05) is 18.2 Å². The Hall–Kier alpha value is -3.54. The number of hydrogen-bond donors (Lipinski definition) is 3. The van der Waals surface area contributed by atoms with Crippen LogP contribution >= 0.6 is 11.3 Å². The van der Waals surface area contributed by atoms with Gasteiger partial charge in [-0.1, -0.05) is 36.4 Å². The van der Waals surface area contributed by atoms with Crippen molar-refractivity contribution in [3.05, 3.63) is 82.0 Å². The van der Waals surface area contributed by atoms with Crippen LogP contribution in [0.3, 0.4) is 0 Å². The summed E-state index contributed by atoms with van der Waals surface area (Å²) >= 11 is 1.58. The highest BCUT2D eigenvalue weighted by Crippen LogP contribution is 2.39. The number of carboxylic acid groups (broad SMARTS) is 1. The number of carbonyl (C=O) groups excluding carboxylic acids is 1. The number of hydrogen-bond acceptors (Lipinski definition) is 6. The second kappa shape index (κ2) is 13.2. The predicted octanol–water partition coefficient (Wildman–Crippen LogP) is 4.18. The summed E-state index contributed by atoms with van der Waals surface area (Å²) in [5, 5.41) is 23.9. The zero-order valence-electron chi connectivity index (χ0n) is 18.9. The van der Waals surface area contributed by atoms with E-state index in [2.05, 4.69) is 46.0 Å². The minimum Gasteiger partial charge on any atom is -0.483 e. The van der Waals surface area contributed by atoms with Crippen LogP contribution in [0.15, 0.2) is 54.9 Å². The first-order valence-electron chi connectivity index (χ1n) is 11.2. The second-order valence-corrected chi connectivity index (χ2v) is 9.17. The molecule has 0 aliphatic heterocycles. The molecule has 1 amide bonds. The standard InChI is InChI=1S/C25H26N4OS.CH2O2/c26-14-22-21-10-8-20(17-28-16-18-5-2-1-3-6-18)13-23(21)31-25(22)29-24(30)11-9-19-7-4-12-27-15-19;2-1-3/h1-7,12,15,20,28H,8-11,13,16-17H2,(H,29,30);1H,(H,2,3). The Morgan fingerprint density at radius 3 is 2.71 bits per heavy atom. The lowest BCUT2D eigenvalue weighted by Gasteiger charge is -2.22. The Labute approximate surface area is 203 Å². The number of aryl methyl sites for hydroxylation is 1. The van der Waals surface area contributed by atoms with Crippen LogP contribution in [0, 0.1) is 17.2 Å². The van der Waals surface area contributed by atoms with E-state index in [1.54, 1.807) is 23.7 Å². The number of carbonyl (C=O) groups is 2. The third kappa shape index (κ3) is 7.24. The van der Waals surface area contributed by atoms with E-state index in [9.17, 15) is 10.1 Å². The summed E-state index contributed by atoms with van der Waals surface area (Å²) in [6.45, 7) is 1.58. The van der Waals surface area contributed by atoms with Gasteiger partial charge in [-0.3, -0.25) is 14.6 Å². The number of thiophene rings is 1. The molecule has 1 aliphatic rings. The minimum atomic E-state index is -0.250. The maximum absolute atomic E-state index is 12.5. The van der Waals surface area contributed by atoms with Crippen LogP contribution in [0.4, 0.5) is 5.00 Å². The first kappa shape index (κ1) is 25.1. The van der Waals surface area contributed by atoms with Crippen LogP contribution in [0.25, 0.3) is 0 Å². The number of pyridine rings is 1. The van der Waals surface area contributed by atoms with Crippen LogP contribution in [-0.2, 0) is 35.4 Å². The first-order chi connectivity index (χ1) is 16.6. The fraction of sp³-hybridized carbons (Fsp3) is 0.308. The number of nitrogens with one attached hydrogen (secondary N) is 2. The Morgan fingerprint density at radius 2 is 2.00 bits per heavy atom. The highest BCUT2D eigenvalue weighted by molar-refractivity contribution is 7.16. The van der Waals surface area contributed by atoms with E-state index in [0.29, 0.717) is 29.3 Å². The molecule has 176 valence electrons. The molecule has 8 heteroatoms. The molecule has 0 fully saturated rings. The van der Waals surface area contributed by atoms with E-state index in [1.165, 1.54) is 10.4 Å². The molecule has 0 saturated heterocycles. The molecule has 2 aromatic heterocycles. The molecule has 1 unspecified atom stereocenters. The summed E-state index contributed by atoms with van der Waals surface area (Å²) < 4.78 is 0. The van der Waals surface area contributed by atoms with Gasteiger partial charge in [0.1, 0.15) is 11.1 Å². The monoisotopic (exact) mass is 476 g/mol. The summed E-state index contributed by atoms with van der Waals surface area (Å²) in [5.41, 5.74) is 4.12. The van der Waals surface area contributed by atoms with Gasteiger partial charge in [-0.25, -0.2) is 0 Å². The van der Waals surface area contributed by atoms with Gasteiger partial charge in [-0.15, -0.1) is 11.3 Å². The number of aromatic nitrogens is 1. The smallest absolute Gasteiger partial charge is 0.290 e. The summed E-state index contributed by atoms with van der Waals surface area (Å²) in [5.74, 6) is 0.496. The van der Waals surface area contributed by atoms with Gasteiger partial charge in [0.15, 0.2) is 0 Å². The number of fused-ring (bicyclic) bond motifs is 1. The lowest BCUT2D eigenvalue weighted by molar-refractivity contribution is -0.123. The summed E-state index contributed by atoms with van der Waals surface area (Å²) in [6.07, 6.45) is 7.45. The molecule has 2 heterocycles. The normalized spacial score (nSPS) is 14.1. The lowest BCUT2D eigenvalue weighted by atomic mass is 9.87. The zero-order valence-corrected chi connectivity index (χ0v) is 19.7. The van der Waals surface area contributed by atoms with Crippen molar-refractivity contribution >= 4 is 28.7 Å². The minimum absolute atomic E-state index is 0.0555. The third-order valence-corrected chi connectivity index (χ3v) is 6.87. The second-order valence-electron chi connectivity index (χ2n) is 8.06. The maximum atomic E-state index is 12.5. The number of rotatable bonds is 8. The summed E-state index contributed by atoms with van der Waals surface area (Å²) in [6, 6.07) is 16.6. The van der Waals surface area contributed by atoms with Gasteiger partial charge in [0, 0.05) is 30.2 Å². The first-order valence-corrected chi connectivity index (χ1v) is 12.0. The largest absolute Gasteiger partial charge is 0.483 e. The molecule has 3 aromatic rings. The Kier molecular flexibility index (Phi) is 9.77. The Morgan fingerprint density at radius 1 is 1.24 bits per heavy atom. The number of amides is 1. The van der Waals surface area contributed by atoms with E-state index in [0.717, 1.165) is 43.5 Å². The highest BCUT2D eigenvalue weighted by atomic mass is 32.1.